The maximum atomic E-state index is 11.4. The Labute approximate surface area is 264 Å². The predicted molar refractivity (Wildman–Crippen MR) is 165 cm³/mol. The van der Waals surface area contributed by atoms with Crippen molar-refractivity contribution in [2.24, 2.45) is 23.7 Å². The Kier molecular flexibility index (Phi) is 7.28. The van der Waals surface area contributed by atoms with Crippen molar-refractivity contribution < 1.29 is 38.5 Å². The van der Waals surface area contributed by atoms with E-state index in [1.54, 1.807) is 7.11 Å². The maximum Gasteiger partial charge on any atom is 0.494 e. The quantitative estimate of drug-likeness (QED) is 0.209. The molecule has 6 aliphatic rings. The molecule has 4 bridgehead atoms. The van der Waals surface area contributed by atoms with E-state index in [0.29, 0.717) is 33.7 Å². The molecule has 1 unspecified atom stereocenters. The van der Waals surface area contributed by atoms with E-state index >= 15 is 0 Å². The van der Waals surface area contributed by atoms with Crippen LogP contribution in [0.25, 0.3) is 6.08 Å². The molecule has 0 aromatic heterocycles. The Morgan fingerprint density at radius 1 is 0.955 bits per heavy atom. The minimum atomic E-state index is -1.18. The SMILES string of the molecule is COC1(c2ccc(/C=C/C(=O)O)c(OCc3ccc(B4OC(C)(C)C(C)(C)O4)cc3)c2Cl)OOC12C1CC3CC(C1)CC2C3. The molecule has 2 heterocycles. The molecule has 0 amide bonds. The summed E-state index contributed by atoms with van der Waals surface area (Å²) in [7, 11) is 1.19. The number of carboxylic acid groups (broad SMARTS) is 1. The van der Waals surface area contributed by atoms with Gasteiger partial charge in [-0.2, -0.15) is 4.89 Å². The largest absolute Gasteiger partial charge is 0.494 e. The molecule has 1 spiro atoms. The van der Waals surface area contributed by atoms with Crippen molar-refractivity contribution >= 4 is 36.2 Å². The number of methoxy groups -OCH3 is 1. The topological polar surface area (TPSA) is 92.7 Å². The Bertz CT molecular complexity index is 1440. The van der Waals surface area contributed by atoms with Crippen molar-refractivity contribution in [2.45, 2.75) is 89.0 Å². The van der Waals surface area contributed by atoms with Crippen LogP contribution in [0, 0.1) is 23.7 Å². The van der Waals surface area contributed by atoms with Crippen molar-refractivity contribution in [3.8, 4) is 5.75 Å². The van der Waals surface area contributed by atoms with Crippen LogP contribution in [0.2, 0.25) is 5.02 Å². The summed E-state index contributed by atoms with van der Waals surface area (Å²) in [5.74, 6) is 0.231. The summed E-state index contributed by atoms with van der Waals surface area (Å²) in [6, 6.07) is 11.5. The van der Waals surface area contributed by atoms with Crippen LogP contribution in [0.5, 0.6) is 5.75 Å². The highest BCUT2D eigenvalue weighted by Crippen LogP contribution is 2.70. The molecule has 10 heteroatoms. The average molecular weight is 623 g/mol. The fourth-order valence-corrected chi connectivity index (χ4v) is 8.85. The lowest BCUT2D eigenvalue weighted by Gasteiger charge is -2.68. The molecule has 8 nitrogen and oxygen atoms in total. The Morgan fingerprint density at radius 3 is 2.09 bits per heavy atom. The first-order valence-electron chi connectivity index (χ1n) is 15.6. The first kappa shape index (κ1) is 30.3. The molecule has 4 saturated carbocycles. The van der Waals surface area contributed by atoms with Crippen molar-refractivity contribution in [3.05, 3.63) is 64.2 Å². The van der Waals surface area contributed by atoms with Crippen LogP contribution < -0.4 is 10.2 Å². The van der Waals surface area contributed by atoms with Gasteiger partial charge in [-0.15, -0.1) is 0 Å². The summed E-state index contributed by atoms with van der Waals surface area (Å²) < 4.78 is 25.0. The lowest BCUT2D eigenvalue weighted by Crippen LogP contribution is -2.76. The molecule has 234 valence electrons. The van der Waals surface area contributed by atoms with Crippen molar-refractivity contribution in [1.82, 2.24) is 0 Å². The van der Waals surface area contributed by atoms with Crippen LogP contribution >= 0.6 is 11.6 Å². The third-order valence-electron chi connectivity index (χ3n) is 11.2. The number of ether oxygens (including phenoxy) is 2. The highest BCUT2D eigenvalue weighted by atomic mass is 35.5. The van der Waals surface area contributed by atoms with Gasteiger partial charge in [0.15, 0.2) is 5.60 Å². The van der Waals surface area contributed by atoms with Gasteiger partial charge < -0.3 is 23.9 Å². The average Bonchev–Trinajstić information content (AvgIpc) is 3.18. The summed E-state index contributed by atoms with van der Waals surface area (Å²) in [6.07, 6.45) is 8.28. The molecule has 8 rings (SSSR count). The zero-order valence-electron chi connectivity index (χ0n) is 25.9. The summed E-state index contributed by atoms with van der Waals surface area (Å²) in [6.45, 7) is 8.33. The number of halogens is 1. The zero-order valence-corrected chi connectivity index (χ0v) is 26.7. The van der Waals surface area contributed by atoms with Gasteiger partial charge in [-0.1, -0.05) is 48.0 Å². The van der Waals surface area contributed by atoms with E-state index in [-0.39, 0.29) is 6.61 Å². The fourth-order valence-electron chi connectivity index (χ4n) is 8.50. The second-order valence-electron chi connectivity index (χ2n) is 14.2. The molecule has 1 atom stereocenters. The van der Waals surface area contributed by atoms with Crippen LogP contribution in [0.1, 0.15) is 76.5 Å². The van der Waals surface area contributed by atoms with Crippen molar-refractivity contribution in [2.75, 3.05) is 7.11 Å². The van der Waals surface area contributed by atoms with Crippen molar-refractivity contribution in [1.29, 1.82) is 0 Å². The third kappa shape index (κ3) is 4.49. The molecule has 6 fully saturated rings. The third-order valence-corrected chi connectivity index (χ3v) is 11.6. The van der Waals surface area contributed by atoms with Gasteiger partial charge in [0.2, 0.25) is 0 Å². The van der Waals surface area contributed by atoms with Gasteiger partial charge in [0.1, 0.15) is 12.4 Å². The minimum Gasteiger partial charge on any atom is -0.487 e. The molecule has 4 aliphatic carbocycles. The molecule has 2 aliphatic heterocycles. The molecular formula is C34H40BClO8. The van der Waals surface area contributed by atoms with Gasteiger partial charge in [0.05, 0.1) is 16.2 Å². The molecule has 2 saturated heterocycles. The molecule has 2 aromatic carbocycles. The number of aliphatic carboxylic acids is 1. The standard InChI is InChI=1S/C34H40BClO8/c1-31(2)32(3,4)42-35(41-31)26-10-6-20(7-11-26)19-40-30-23(9-13-28(37)38)8-12-27(29(30)36)34(39-5)33(43-44-34)24-15-21-14-22(17-24)18-25(33)16-21/h6-13,21-22,24-25H,14-19H2,1-5H3,(H,37,38)/b13-9+. The highest BCUT2D eigenvalue weighted by molar-refractivity contribution is 6.62. The summed E-state index contributed by atoms with van der Waals surface area (Å²) >= 11 is 7.18. The van der Waals surface area contributed by atoms with Crippen LogP contribution in [-0.4, -0.2) is 42.1 Å². The van der Waals surface area contributed by atoms with E-state index in [0.717, 1.165) is 54.6 Å². The zero-order chi connectivity index (χ0) is 31.1. The number of hydrogen-bond donors (Lipinski definition) is 1. The molecule has 44 heavy (non-hydrogen) atoms. The van der Waals surface area contributed by atoms with E-state index < -0.39 is 35.7 Å². The molecule has 0 radical (unpaired) electrons. The number of hydrogen-bond acceptors (Lipinski definition) is 7. The van der Waals surface area contributed by atoms with Crippen LogP contribution in [0.15, 0.2) is 42.5 Å². The maximum absolute atomic E-state index is 11.4. The second-order valence-corrected chi connectivity index (χ2v) is 14.6. The van der Waals surface area contributed by atoms with Crippen LogP contribution in [-0.2, 0) is 41.0 Å². The van der Waals surface area contributed by atoms with Gasteiger partial charge in [0, 0.05) is 24.3 Å². The number of rotatable bonds is 8. The van der Waals surface area contributed by atoms with Crippen LogP contribution in [0.4, 0.5) is 0 Å². The summed E-state index contributed by atoms with van der Waals surface area (Å²) in [4.78, 5) is 23.5. The minimum absolute atomic E-state index is 0.206. The van der Waals surface area contributed by atoms with E-state index in [1.165, 1.54) is 12.5 Å². The molecular weight excluding hydrogens is 583 g/mol. The van der Waals surface area contributed by atoms with Gasteiger partial charge in [0.25, 0.3) is 5.79 Å². The smallest absolute Gasteiger partial charge is 0.487 e. The highest BCUT2D eigenvalue weighted by Gasteiger charge is 2.77. The number of carboxylic acids is 1. The van der Waals surface area contributed by atoms with E-state index in [9.17, 15) is 9.90 Å². The van der Waals surface area contributed by atoms with Crippen LogP contribution in [0.3, 0.4) is 0 Å². The fraction of sp³-hybridized carbons (Fsp3) is 0.559. The van der Waals surface area contributed by atoms with Gasteiger partial charge in [-0.25, -0.2) is 9.68 Å². The monoisotopic (exact) mass is 622 g/mol. The van der Waals surface area contributed by atoms with Gasteiger partial charge in [-0.05, 0) is 101 Å². The first-order valence-corrected chi connectivity index (χ1v) is 16.0. The van der Waals surface area contributed by atoms with E-state index in [2.05, 4.69) is 0 Å². The predicted octanol–water partition coefficient (Wildman–Crippen LogP) is 6.27. The lowest BCUT2D eigenvalue weighted by molar-refractivity contribution is -0.645. The summed E-state index contributed by atoms with van der Waals surface area (Å²) in [5, 5.41) is 9.66. The van der Waals surface area contributed by atoms with Gasteiger partial charge in [-0.3, -0.25) is 0 Å². The summed E-state index contributed by atoms with van der Waals surface area (Å²) in [5.41, 5.74) is 1.54. The first-order chi connectivity index (χ1) is 20.9. The van der Waals surface area contributed by atoms with E-state index in [1.807, 2.05) is 64.1 Å². The molecule has 1 N–H and O–H groups in total. The number of carbonyl (C=O) groups is 1. The Morgan fingerprint density at radius 2 is 1.57 bits per heavy atom. The van der Waals surface area contributed by atoms with E-state index in [4.69, 9.17) is 40.2 Å². The lowest BCUT2D eigenvalue weighted by atomic mass is 9.47. The Hall–Kier alpha value is -2.40. The Balaban J connectivity index is 1.18. The van der Waals surface area contributed by atoms with Gasteiger partial charge >= 0.3 is 13.1 Å². The second kappa shape index (κ2) is 10.6. The van der Waals surface area contributed by atoms with Crippen molar-refractivity contribution in [3.63, 3.8) is 0 Å². The molecule has 2 aromatic rings. The number of benzene rings is 2. The normalized spacial score (nSPS) is 34.5.